The molecule has 0 saturated heterocycles. The molecule has 0 amide bonds. The second kappa shape index (κ2) is 5.49. The van der Waals surface area contributed by atoms with Crippen molar-refractivity contribution in [2.75, 3.05) is 5.32 Å². The zero-order valence-electron chi connectivity index (χ0n) is 12.0. The van der Waals surface area contributed by atoms with Crippen LogP contribution in [0.15, 0.2) is 42.5 Å². The number of fused-ring (bicyclic) bond motifs is 1. The van der Waals surface area contributed by atoms with Gasteiger partial charge in [-0.2, -0.15) is 0 Å². The van der Waals surface area contributed by atoms with Gasteiger partial charge >= 0.3 is 0 Å². The van der Waals surface area contributed by atoms with Crippen molar-refractivity contribution in [3.63, 3.8) is 0 Å². The van der Waals surface area contributed by atoms with E-state index in [-0.39, 0.29) is 0 Å². The van der Waals surface area contributed by atoms with Gasteiger partial charge in [0.2, 0.25) is 0 Å². The van der Waals surface area contributed by atoms with Crippen LogP contribution in [-0.4, -0.2) is 0 Å². The van der Waals surface area contributed by atoms with Crippen molar-refractivity contribution in [2.24, 2.45) is 0 Å². The first kappa shape index (κ1) is 13.5. The summed E-state index contributed by atoms with van der Waals surface area (Å²) in [6, 6.07) is 15.2. The second-order valence-corrected chi connectivity index (χ2v) is 6.12. The molecule has 0 aliphatic heterocycles. The maximum atomic E-state index is 6.21. The van der Waals surface area contributed by atoms with Crippen molar-refractivity contribution < 1.29 is 0 Å². The Kier molecular flexibility index (Phi) is 3.71. The molecular formula is C18H20ClN. The molecule has 2 aromatic rings. The first-order valence-corrected chi connectivity index (χ1v) is 7.65. The van der Waals surface area contributed by atoms with Crippen LogP contribution in [0.4, 0.5) is 5.69 Å². The third kappa shape index (κ3) is 2.43. The fourth-order valence-electron chi connectivity index (χ4n) is 3.11. The van der Waals surface area contributed by atoms with E-state index < -0.39 is 0 Å². The minimum absolute atomic E-state index is 0.388. The van der Waals surface area contributed by atoms with Gasteiger partial charge in [0.15, 0.2) is 0 Å². The first-order chi connectivity index (χ1) is 9.66. The SMILES string of the molecule is Cc1c(Cl)cccc1NC1CCC(C)c2ccccc21. The molecule has 1 N–H and O–H groups in total. The van der Waals surface area contributed by atoms with Crippen molar-refractivity contribution in [3.8, 4) is 0 Å². The van der Waals surface area contributed by atoms with Gasteiger partial charge in [0, 0.05) is 10.7 Å². The summed E-state index contributed by atoms with van der Waals surface area (Å²) in [5.74, 6) is 0.657. The number of hydrogen-bond acceptors (Lipinski definition) is 1. The molecule has 2 heteroatoms. The molecule has 0 heterocycles. The lowest BCUT2D eigenvalue weighted by Gasteiger charge is -2.31. The Morgan fingerprint density at radius 1 is 1.00 bits per heavy atom. The number of rotatable bonds is 2. The molecule has 2 atom stereocenters. The number of hydrogen-bond donors (Lipinski definition) is 1. The highest BCUT2D eigenvalue weighted by atomic mass is 35.5. The second-order valence-electron chi connectivity index (χ2n) is 5.72. The molecule has 2 aromatic carbocycles. The molecule has 0 fully saturated rings. The van der Waals surface area contributed by atoms with Crippen molar-refractivity contribution in [1.29, 1.82) is 0 Å². The van der Waals surface area contributed by atoms with Crippen LogP contribution >= 0.6 is 11.6 Å². The van der Waals surface area contributed by atoms with Gasteiger partial charge < -0.3 is 5.32 Å². The van der Waals surface area contributed by atoms with Crippen molar-refractivity contribution >= 4 is 17.3 Å². The van der Waals surface area contributed by atoms with Crippen LogP contribution in [0.5, 0.6) is 0 Å². The number of benzene rings is 2. The predicted molar refractivity (Wildman–Crippen MR) is 86.6 cm³/mol. The van der Waals surface area contributed by atoms with Crippen LogP contribution in [0.1, 0.15) is 48.4 Å². The van der Waals surface area contributed by atoms with Crippen molar-refractivity contribution in [1.82, 2.24) is 0 Å². The average molecular weight is 286 g/mol. The minimum atomic E-state index is 0.388. The molecule has 0 saturated carbocycles. The summed E-state index contributed by atoms with van der Waals surface area (Å²) in [7, 11) is 0. The smallest absolute Gasteiger partial charge is 0.0516 e. The fraction of sp³-hybridized carbons (Fsp3) is 0.333. The van der Waals surface area contributed by atoms with Gasteiger partial charge in [-0.1, -0.05) is 48.9 Å². The number of anilines is 1. The van der Waals surface area contributed by atoms with Crippen LogP contribution in [0, 0.1) is 6.92 Å². The summed E-state index contributed by atoms with van der Waals surface area (Å²) in [6.45, 7) is 4.39. The maximum absolute atomic E-state index is 6.21. The highest BCUT2D eigenvalue weighted by molar-refractivity contribution is 6.31. The Labute approximate surface area is 126 Å². The van der Waals surface area contributed by atoms with Crippen molar-refractivity contribution in [2.45, 2.75) is 38.6 Å². The Bertz CT molecular complexity index is 621. The van der Waals surface area contributed by atoms with Gasteiger partial charge in [0.1, 0.15) is 0 Å². The fourth-order valence-corrected chi connectivity index (χ4v) is 3.28. The average Bonchev–Trinajstić information content (AvgIpc) is 2.47. The molecule has 0 bridgehead atoms. The van der Waals surface area contributed by atoms with Gasteiger partial charge in [-0.3, -0.25) is 0 Å². The summed E-state index contributed by atoms with van der Waals surface area (Å²) < 4.78 is 0. The molecule has 0 aromatic heterocycles. The lowest BCUT2D eigenvalue weighted by molar-refractivity contribution is 0.534. The Morgan fingerprint density at radius 3 is 2.55 bits per heavy atom. The topological polar surface area (TPSA) is 12.0 Å². The van der Waals surface area contributed by atoms with Gasteiger partial charge in [-0.25, -0.2) is 0 Å². The predicted octanol–water partition coefficient (Wildman–Crippen LogP) is 5.70. The Morgan fingerprint density at radius 2 is 1.75 bits per heavy atom. The van der Waals surface area contributed by atoms with E-state index in [0.29, 0.717) is 12.0 Å². The summed E-state index contributed by atoms with van der Waals surface area (Å²) in [4.78, 5) is 0. The summed E-state index contributed by atoms with van der Waals surface area (Å²) >= 11 is 6.21. The maximum Gasteiger partial charge on any atom is 0.0516 e. The molecule has 0 spiro atoms. The normalized spacial score (nSPS) is 21.4. The van der Waals surface area contributed by atoms with E-state index in [1.807, 2.05) is 12.1 Å². The van der Waals surface area contributed by atoms with Crippen LogP contribution in [0.2, 0.25) is 5.02 Å². The quantitative estimate of drug-likeness (QED) is 0.746. The highest BCUT2D eigenvalue weighted by Crippen LogP contribution is 2.39. The standard InChI is InChI=1S/C18H20ClN/c1-12-10-11-18(15-7-4-3-6-14(12)15)20-17-9-5-8-16(19)13(17)2/h3-9,12,18,20H,10-11H2,1-2H3. The molecule has 1 aliphatic rings. The molecule has 1 nitrogen and oxygen atoms in total. The lowest BCUT2D eigenvalue weighted by Crippen LogP contribution is -2.19. The van der Waals surface area contributed by atoms with Crippen LogP contribution < -0.4 is 5.32 Å². The Balaban J connectivity index is 1.93. The van der Waals surface area contributed by atoms with Gasteiger partial charge in [-0.05, 0) is 54.5 Å². The van der Waals surface area contributed by atoms with Gasteiger partial charge in [-0.15, -0.1) is 0 Å². The molecule has 3 rings (SSSR count). The van der Waals surface area contributed by atoms with E-state index >= 15 is 0 Å². The third-order valence-corrected chi connectivity index (χ3v) is 4.80. The molecule has 104 valence electrons. The summed E-state index contributed by atoms with van der Waals surface area (Å²) in [5.41, 5.74) is 5.19. The van der Waals surface area contributed by atoms with Crippen molar-refractivity contribution in [3.05, 3.63) is 64.2 Å². The lowest BCUT2D eigenvalue weighted by atomic mass is 9.81. The third-order valence-electron chi connectivity index (χ3n) is 4.39. The van der Waals surface area contributed by atoms with E-state index in [1.54, 1.807) is 0 Å². The first-order valence-electron chi connectivity index (χ1n) is 7.27. The largest absolute Gasteiger partial charge is 0.378 e. The van der Waals surface area contributed by atoms with E-state index in [0.717, 1.165) is 16.3 Å². The monoisotopic (exact) mass is 285 g/mol. The van der Waals surface area contributed by atoms with E-state index in [9.17, 15) is 0 Å². The zero-order valence-corrected chi connectivity index (χ0v) is 12.7. The van der Waals surface area contributed by atoms with E-state index in [2.05, 4.69) is 49.5 Å². The number of nitrogens with one attached hydrogen (secondary N) is 1. The molecule has 1 aliphatic carbocycles. The molecule has 2 unspecified atom stereocenters. The van der Waals surface area contributed by atoms with Crippen LogP contribution in [0.3, 0.4) is 0 Å². The van der Waals surface area contributed by atoms with Gasteiger partial charge in [0.05, 0.1) is 6.04 Å². The molecule has 0 radical (unpaired) electrons. The van der Waals surface area contributed by atoms with E-state index in [1.165, 1.54) is 24.0 Å². The zero-order chi connectivity index (χ0) is 14.1. The minimum Gasteiger partial charge on any atom is -0.378 e. The Hall–Kier alpha value is -1.47. The molecular weight excluding hydrogens is 266 g/mol. The van der Waals surface area contributed by atoms with Crippen LogP contribution in [0.25, 0.3) is 0 Å². The van der Waals surface area contributed by atoms with Crippen LogP contribution in [-0.2, 0) is 0 Å². The number of halogens is 1. The highest BCUT2D eigenvalue weighted by Gasteiger charge is 2.24. The van der Waals surface area contributed by atoms with E-state index in [4.69, 9.17) is 11.6 Å². The summed E-state index contributed by atoms with van der Waals surface area (Å²) in [5, 5.41) is 4.51. The van der Waals surface area contributed by atoms with Gasteiger partial charge in [0.25, 0.3) is 0 Å². The summed E-state index contributed by atoms with van der Waals surface area (Å²) in [6.07, 6.45) is 2.40. The molecule has 20 heavy (non-hydrogen) atoms.